The first-order valence-corrected chi connectivity index (χ1v) is 3.86. The third-order valence-corrected chi connectivity index (χ3v) is 2.15. The predicted octanol–water partition coefficient (Wildman–Crippen LogP) is 0.828. The molecule has 0 aromatic rings. The molecule has 0 spiro atoms. The molecule has 0 fully saturated rings. The van der Waals surface area contributed by atoms with Gasteiger partial charge in [-0.2, -0.15) is 0 Å². The van der Waals surface area contributed by atoms with Gasteiger partial charge in [0.25, 0.3) is 0 Å². The Hall–Kier alpha value is -0.600. The molecule has 0 aliphatic heterocycles. The maximum Gasteiger partial charge on any atom is 0.0877 e. The van der Waals surface area contributed by atoms with Crippen molar-refractivity contribution in [2.24, 2.45) is 11.7 Å². The van der Waals surface area contributed by atoms with Gasteiger partial charge >= 0.3 is 0 Å². The molecule has 1 rings (SSSR count). The zero-order valence-electron chi connectivity index (χ0n) is 7.04. The van der Waals surface area contributed by atoms with Crippen LogP contribution in [-0.4, -0.2) is 17.3 Å². The van der Waals surface area contributed by atoms with Gasteiger partial charge in [0, 0.05) is 12.5 Å². The number of hydrogen-bond acceptors (Lipinski definition) is 2. The number of hydrogen-bond donors (Lipinski definition) is 2. The van der Waals surface area contributed by atoms with Crippen molar-refractivity contribution in [2.75, 3.05) is 6.54 Å². The molecule has 11 heavy (non-hydrogen) atoms. The Labute approximate surface area is 67.4 Å². The maximum absolute atomic E-state index is 9.74. The van der Waals surface area contributed by atoms with E-state index in [1.54, 1.807) is 13.0 Å². The van der Waals surface area contributed by atoms with E-state index < -0.39 is 5.60 Å². The van der Waals surface area contributed by atoms with Gasteiger partial charge in [0.05, 0.1) is 5.60 Å². The molecule has 2 nitrogen and oxygen atoms in total. The van der Waals surface area contributed by atoms with Gasteiger partial charge in [-0.25, -0.2) is 0 Å². The molecule has 0 saturated heterocycles. The van der Waals surface area contributed by atoms with Crippen molar-refractivity contribution in [1.82, 2.24) is 0 Å². The van der Waals surface area contributed by atoms with Gasteiger partial charge in [-0.05, 0) is 13.8 Å². The van der Waals surface area contributed by atoms with E-state index in [1.165, 1.54) is 5.57 Å². The summed E-state index contributed by atoms with van der Waals surface area (Å²) in [5.41, 5.74) is 5.92. The zero-order valence-corrected chi connectivity index (χ0v) is 7.04. The molecular weight excluding hydrogens is 138 g/mol. The lowest BCUT2D eigenvalue weighted by atomic mass is 9.83. The van der Waals surface area contributed by atoms with Crippen LogP contribution in [0.25, 0.3) is 0 Å². The molecule has 1 aliphatic rings. The van der Waals surface area contributed by atoms with E-state index in [0.29, 0.717) is 6.54 Å². The van der Waals surface area contributed by atoms with Crippen LogP contribution in [0, 0.1) is 5.92 Å². The highest BCUT2D eigenvalue weighted by Crippen LogP contribution is 2.25. The molecule has 2 heteroatoms. The summed E-state index contributed by atoms with van der Waals surface area (Å²) >= 11 is 0. The highest BCUT2D eigenvalue weighted by atomic mass is 16.3. The smallest absolute Gasteiger partial charge is 0.0877 e. The van der Waals surface area contributed by atoms with Gasteiger partial charge in [-0.15, -0.1) is 0 Å². The van der Waals surface area contributed by atoms with Crippen LogP contribution in [0.4, 0.5) is 0 Å². The third-order valence-electron chi connectivity index (χ3n) is 2.15. The van der Waals surface area contributed by atoms with Crippen molar-refractivity contribution < 1.29 is 5.11 Å². The quantitative estimate of drug-likeness (QED) is 0.586. The fourth-order valence-corrected chi connectivity index (χ4v) is 1.27. The minimum Gasteiger partial charge on any atom is -0.385 e. The first kappa shape index (κ1) is 8.50. The van der Waals surface area contributed by atoms with Crippen LogP contribution in [-0.2, 0) is 0 Å². The molecule has 1 aliphatic carbocycles. The van der Waals surface area contributed by atoms with Crippen molar-refractivity contribution in [3.63, 3.8) is 0 Å². The number of nitrogens with two attached hydrogens (primary N) is 1. The summed E-state index contributed by atoms with van der Waals surface area (Å²) in [6, 6.07) is 0. The normalized spacial score (nSPS) is 37.1. The molecule has 0 bridgehead atoms. The lowest BCUT2D eigenvalue weighted by molar-refractivity contribution is 0.0684. The first-order chi connectivity index (χ1) is 5.06. The van der Waals surface area contributed by atoms with Crippen LogP contribution >= 0.6 is 0 Å². The Morgan fingerprint density at radius 3 is 2.82 bits per heavy atom. The fraction of sp³-hybridized carbons (Fsp3) is 0.556. The van der Waals surface area contributed by atoms with Crippen molar-refractivity contribution in [3.8, 4) is 0 Å². The van der Waals surface area contributed by atoms with Crippen LogP contribution in [0.3, 0.4) is 0 Å². The van der Waals surface area contributed by atoms with E-state index in [1.807, 2.05) is 19.1 Å². The number of allylic oxidation sites excluding steroid dienone is 2. The maximum atomic E-state index is 9.74. The average Bonchev–Trinajstić information content (AvgIpc) is 1.94. The first-order valence-electron chi connectivity index (χ1n) is 3.86. The monoisotopic (exact) mass is 153 g/mol. The van der Waals surface area contributed by atoms with Gasteiger partial charge in [-0.1, -0.05) is 23.8 Å². The molecule has 3 N–H and O–H groups in total. The molecule has 2 atom stereocenters. The van der Waals surface area contributed by atoms with Gasteiger partial charge in [0.2, 0.25) is 0 Å². The van der Waals surface area contributed by atoms with E-state index >= 15 is 0 Å². The largest absolute Gasteiger partial charge is 0.385 e. The Morgan fingerprint density at radius 1 is 1.73 bits per heavy atom. The fourth-order valence-electron chi connectivity index (χ4n) is 1.27. The average molecular weight is 153 g/mol. The summed E-state index contributed by atoms with van der Waals surface area (Å²) in [6.07, 6.45) is 5.74. The Bertz CT molecular complexity index is 204. The van der Waals surface area contributed by atoms with E-state index in [0.717, 1.165) is 0 Å². The summed E-state index contributed by atoms with van der Waals surface area (Å²) in [6.45, 7) is 4.28. The predicted molar refractivity (Wildman–Crippen MR) is 46.1 cm³/mol. The standard InChI is InChI=1S/C9H15NO/c1-7-3-4-9(2,11)8(5-7)6-10/h3-5,8,11H,6,10H2,1-2H3. The molecule has 0 amide bonds. The molecule has 0 radical (unpaired) electrons. The van der Waals surface area contributed by atoms with E-state index in [2.05, 4.69) is 0 Å². The molecule has 0 saturated carbocycles. The van der Waals surface area contributed by atoms with Crippen LogP contribution in [0.15, 0.2) is 23.8 Å². The summed E-state index contributed by atoms with van der Waals surface area (Å²) in [5.74, 6) is 0.0625. The molecule has 2 unspecified atom stereocenters. The Kier molecular flexibility index (Phi) is 2.16. The molecule has 62 valence electrons. The Morgan fingerprint density at radius 2 is 2.36 bits per heavy atom. The zero-order chi connectivity index (χ0) is 8.48. The van der Waals surface area contributed by atoms with Crippen LogP contribution in [0.1, 0.15) is 13.8 Å². The van der Waals surface area contributed by atoms with Gasteiger partial charge in [0.1, 0.15) is 0 Å². The second-order valence-corrected chi connectivity index (χ2v) is 3.31. The van der Waals surface area contributed by atoms with Crippen LogP contribution in [0.5, 0.6) is 0 Å². The van der Waals surface area contributed by atoms with Gasteiger partial charge < -0.3 is 10.8 Å². The van der Waals surface area contributed by atoms with Crippen molar-refractivity contribution in [3.05, 3.63) is 23.8 Å². The second-order valence-electron chi connectivity index (χ2n) is 3.31. The van der Waals surface area contributed by atoms with E-state index in [4.69, 9.17) is 5.73 Å². The van der Waals surface area contributed by atoms with E-state index in [9.17, 15) is 5.11 Å². The molecule has 0 heterocycles. The van der Waals surface area contributed by atoms with Gasteiger partial charge in [-0.3, -0.25) is 0 Å². The molecular formula is C9H15NO. The number of aliphatic hydroxyl groups is 1. The topological polar surface area (TPSA) is 46.2 Å². The van der Waals surface area contributed by atoms with Gasteiger partial charge in [0.15, 0.2) is 0 Å². The van der Waals surface area contributed by atoms with Crippen LogP contribution in [0.2, 0.25) is 0 Å². The third kappa shape index (κ3) is 1.70. The second kappa shape index (κ2) is 2.80. The SMILES string of the molecule is CC1=CC(CN)C(C)(O)C=C1. The highest BCUT2D eigenvalue weighted by molar-refractivity contribution is 5.27. The van der Waals surface area contributed by atoms with Crippen molar-refractivity contribution in [1.29, 1.82) is 0 Å². The summed E-state index contributed by atoms with van der Waals surface area (Å²) in [7, 11) is 0. The van der Waals surface area contributed by atoms with Crippen molar-refractivity contribution >= 4 is 0 Å². The molecule has 0 aromatic heterocycles. The summed E-state index contributed by atoms with van der Waals surface area (Å²) < 4.78 is 0. The molecule has 0 aromatic carbocycles. The highest BCUT2D eigenvalue weighted by Gasteiger charge is 2.28. The lowest BCUT2D eigenvalue weighted by Gasteiger charge is -2.29. The van der Waals surface area contributed by atoms with E-state index in [-0.39, 0.29) is 5.92 Å². The Balaban J connectivity index is 2.84. The van der Waals surface area contributed by atoms with Crippen molar-refractivity contribution in [2.45, 2.75) is 19.4 Å². The lowest BCUT2D eigenvalue weighted by Crippen LogP contribution is -2.37. The minimum atomic E-state index is -0.756. The van der Waals surface area contributed by atoms with Crippen LogP contribution < -0.4 is 5.73 Å². The minimum absolute atomic E-state index is 0.0625. The summed E-state index contributed by atoms with van der Waals surface area (Å²) in [4.78, 5) is 0. The number of rotatable bonds is 1. The summed E-state index contributed by atoms with van der Waals surface area (Å²) in [5, 5.41) is 9.74.